The van der Waals surface area contributed by atoms with Gasteiger partial charge in [0.1, 0.15) is 0 Å². The molecule has 7 nitrogen and oxygen atoms in total. The number of benzene rings is 2. The SMILES string of the molecule is Cc1cc(C)c2nc(NS(=O)(=O)c3ccccc3[N+](=O)[O-])sc2c1. The van der Waals surface area contributed by atoms with Crippen molar-refractivity contribution in [1.82, 2.24) is 4.98 Å². The van der Waals surface area contributed by atoms with E-state index in [0.717, 1.165) is 21.9 Å². The highest BCUT2D eigenvalue weighted by molar-refractivity contribution is 7.93. The molecule has 2 aromatic carbocycles. The summed E-state index contributed by atoms with van der Waals surface area (Å²) in [5.74, 6) is 0. The van der Waals surface area contributed by atoms with Crippen molar-refractivity contribution in [3.05, 3.63) is 57.6 Å². The molecule has 0 atom stereocenters. The summed E-state index contributed by atoms with van der Waals surface area (Å²) in [6.45, 7) is 3.85. The molecule has 0 spiro atoms. The van der Waals surface area contributed by atoms with Crippen molar-refractivity contribution in [2.75, 3.05) is 4.72 Å². The third-order valence-electron chi connectivity index (χ3n) is 3.40. The molecule has 0 saturated heterocycles. The molecule has 9 heteroatoms. The standard InChI is InChI=1S/C15H13N3O4S2/c1-9-7-10(2)14-12(8-9)23-15(16-14)17-24(21,22)13-6-4-3-5-11(13)18(19)20/h3-8H,1-2H3,(H,16,17). The van der Waals surface area contributed by atoms with Gasteiger partial charge in [-0.2, -0.15) is 0 Å². The van der Waals surface area contributed by atoms with Crippen LogP contribution in [0, 0.1) is 24.0 Å². The lowest BCUT2D eigenvalue weighted by atomic mass is 10.1. The van der Waals surface area contributed by atoms with Crippen molar-refractivity contribution in [3.8, 4) is 0 Å². The van der Waals surface area contributed by atoms with Crippen LogP contribution in [0.15, 0.2) is 41.3 Å². The first kappa shape index (κ1) is 16.3. The Balaban J connectivity index is 2.05. The number of nitro groups is 1. The van der Waals surface area contributed by atoms with E-state index in [1.807, 2.05) is 26.0 Å². The second-order valence-corrected chi connectivity index (χ2v) is 7.96. The fourth-order valence-electron chi connectivity index (χ4n) is 2.42. The van der Waals surface area contributed by atoms with Crippen LogP contribution >= 0.6 is 11.3 Å². The number of anilines is 1. The molecule has 1 heterocycles. The van der Waals surface area contributed by atoms with Crippen LogP contribution in [0.2, 0.25) is 0 Å². The molecule has 1 aromatic heterocycles. The molecule has 0 amide bonds. The van der Waals surface area contributed by atoms with Gasteiger partial charge >= 0.3 is 0 Å². The van der Waals surface area contributed by atoms with Crippen molar-refractivity contribution in [3.63, 3.8) is 0 Å². The van der Waals surface area contributed by atoms with Crippen molar-refractivity contribution in [2.45, 2.75) is 18.7 Å². The third kappa shape index (κ3) is 2.95. The Labute approximate surface area is 142 Å². The minimum Gasteiger partial charge on any atom is -0.258 e. The smallest absolute Gasteiger partial charge is 0.258 e. The predicted molar refractivity (Wildman–Crippen MR) is 93.0 cm³/mol. The van der Waals surface area contributed by atoms with E-state index < -0.39 is 20.6 Å². The van der Waals surface area contributed by atoms with E-state index in [1.54, 1.807) is 0 Å². The highest BCUT2D eigenvalue weighted by Gasteiger charge is 2.26. The zero-order valence-corrected chi connectivity index (χ0v) is 14.4. The van der Waals surface area contributed by atoms with Crippen LogP contribution in [-0.2, 0) is 10.0 Å². The summed E-state index contributed by atoms with van der Waals surface area (Å²) in [5, 5.41) is 11.2. The number of nitrogens with zero attached hydrogens (tertiary/aromatic N) is 2. The number of hydrogen-bond donors (Lipinski definition) is 1. The van der Waals surface area contributed by atoms with Crippen LogP contribution in [0.4, 0.5) is 10.8 Å². The Morgan fingerprint density at radius 1 is 1.21 bits per heavy atom. The van der Waals surface area contributed by atoms with Gasteiger partial charge in [0.15, 0.2) is 10.0 Å². The summed E-state index contributed by atoms with van der Waals surface area (Å²) in [6, 6.07) is 9.09. The van der Waals surface area contributed by atoms with Gasteiger partial charge in [-0.05, 0) is 37.1 Å². The molecular weight excluding hydrogens is 350 g/mol. The molecule has 0 bridgehead atoms. The molecule has 24 heavy (non-hydrogen) atoms. The molecule has 0 fully saturated rings. The molecule has 124 valence electrons. The van der Waals surface area contributed by atoms with E-state index >= 15 is 0 Å². The Morgan fingerprint density at radius 3 is 2.62 bits per heavy atom. The van der Waals surface area contributed by atoms with E-state index in [9.17, 15) is 18.5 Å². The Bertz CT molecular complexity index is 1060. The molecule has 0 aliphatic heterocycles. The Kier molecular flexibility index (Phi) is 3.98. The average Bonchev–Trinajstić information content (AvgIpc) is 2.89. The fourth-order valence-corrected chi connectivity index (χ4v) is 4.87. The summed E-state index contributed by atoms with van der Waals surface area (Å²) in [7, 11) is -4.10. The van der Waals surface area contributed by atoms with Gasteiger partial charge in [0.2, 0.25) is 0 Å². The van der Waals surface area contributed by atoms with E-state index in [-0.39, 0.29) is 10.0 Å². The quantitative estimate of drug-likeness (QED) is 0.563. The number of aromatic nitrogens is 1. The number of nitro benzene ring substituents is 1. The molecule has 0 aliphatic carbocycles. The lowest BCUT2D eigenvalue weighted by molar-refractivity contribution is -0.387. The maximum absolute atomic E-state index is 12.5. The predicted octanol–water partition coefficient (Wildman–Crippen LogP) is 3.62. The van der Waals surface area contributed by atoms with Gasteiger partial charge in [0, 0.05) is 6.07 Å². The Morgan fingerprint density at radius 2 is 1.92 bits per heavy atom. The van der Waals surface area contributed by atoms with Gasteiger partial charge in [0.05, 0.1) is 15.1 Å². The average molecular weight is 363 g/mol. The summed E-state index contributed by atoms with van der Waals surface area (Å²) in [5.41, 5.74) is 2.23. The normalized spacial score (nSPS) is 11.6. The highest BCUT2D eigenvalue weighted by atomic mass is 32.2. The zero-order valence-electron chi connectivity index (χ0n) is 12.8. The van der Waals surface area contributed by atoms with Crippen molar-refractivity contribution in [1.29, 1.82) is 0 Å². The molecule has 3 aromatic rings. The monoisotopic (exact) mass is 363 g/mol. The van der Waals surface area contributed by atoms with Crippen LogP contribution in [-0.4, -0.2) is 18.3 Å². The second kappa shape index (κ2) is 5.84. The summed E-state index contributed by atoms with van der Waals surface area (Å²) in [4.78, 5) is 14.2. The van der Waals surface area contributed by atoms with E-state index in [0.29, 0.717) is 5.52 Å². The number of fused-ring (bicyclic) bond motifs is 1. The van der Waals surface area contributed by atoms with Crippen LogP contribution < -0.4 is 4.72 Å². The van der Waals surface area contributed by atoms with Gasteiger partial charge < -0.3 is 0 Å². The number of nitrogens with one attached hydrogen (secondary N) is 1. The maximum atomic E-state index is 12.5. The first-order chi connectivity index (χ1) is 11.3. The van der Waals surface area contributed by atoms with Crippen LogP contribution in [0.5, 0.6) is 0 Å². The van der Waals surface area contributed by atoms with Crippen molar-refractivity contribution < 1.29 is 13.3 Å². The molecule has 0 saturated carbocycles. The molecule has 3 rings (SSSR count). The maximum Gasteiger partial charge on any atom is 0.289 e. The molecule has 1 N–H and O–H groups in total. The van der Waals surface area contributed by atoms with Crippen molar-refractivity contribution in [2.24, 2.45) is 0 Å². The molecule has 0 aliphatic rings. The summed E-state index contributed by atoms with van der Waals surface area (Å²) < 4.78 is 28.2. The van der Waals surface area contributed by atoms with Gasteiger partial charge in [-0.1, -0.05) is 29.5 Å². The number of sulfonamides is 1. The Hall–Kier alpha value is -2.52. The van der Waals surface area contributed by atoms with E-state index in [2.05, 4.69) is 9.71 Å². The number of rotatable bonds is 4. The van der Waals surface area contributed by atoms with E-state index in [1.165, 1.54) is 29.5 Å². The van der Waals surface area contributed by atoms with Gasteiger partial charge in [-0.3, -0.25) is 14.8 Å². The number of aryl methyl sites for hydroxylation is 2. The lowest BCUT2D eigenvalue weighted by Gasteiger charge is -2.05. The third-order valence-corrected chi connectivity index (χ3v) is 5.84. The lowest BCUT2D eigenvalue weighted by Crippen LogP contribution is -2.14. The topological polar surface area (TPSA) is 102 Å². The zero-order chi connectivity index (χ0) is 17.5. The minimum atomic E-state index is -4.10. The minimum absolute atomic E-state index is 0.178. The van der Waals surface area contributed by atoms with Crippen molar-refractivity contribution >= 4 is 42.4 Å². The van der Waals surface area contributed by atoms with Gasteiger partial charge in [-0.15, -0.1) is 0 Å². The van der Waals surface area contributed by atoms with Gasteiger partial charge in [-0.25, -0.2) is 13.4 Å². The van der Waals surface area contributed by atoms with Crippen LogP contribution in [0.1, 0.15) is 11.1 Å². The summed E-state index contributed by atoms with van der Waals surface area (Å²) in [6.07, 6.45) is 0. The van der Waals surface area contributed by atoms with Crippen LogP contribution in [0.25, 0.3) is 10.2 Å². The first-order valence-corrected chi connectivity index (χ1v) is 9.22. The van der Waals surface area contributed by atoms with E-state index in [4.69, 9.17) is 0 Å². The molecule has 0 radical (unpaired) electrons. The largest absolute Gasteiger partial charge is 0.289 e. The first-order valence-electron chi connectivity index (χ1n) is 6.92. The van der Waals surface area contributed by atoms with Gasteiger partial charge in [0.25, 0.3) is 15.7 Å². The number of hydrogen-bond acceptors (Lipinski definition) is 6. The second-order valence-electron chi connectivity index (χ2n) is 5.28. The number of para-hydroxylation sites is 1. The van der Waals surface area contributed by atoms with Crippen LogP contribution in [0.3, 0.4) is 0 Å². The summed E-state index contributed by atoms with van der Waals surface area (Å²) >= 11 is 1.19. The highest BCUT2D eigenvalue weighted by Crippen LogP contribution is 2.32. The molecular formula is C15H13N3O4S2. The fraction of sp³-hybridized carbons (Fsp3) is 0.133. The molecule has 0 unspecified atom stereocenters. The number of thiazole rings is 1.